The Kier molecular flexibility index (Phi) is 9.64. The minimum atomic E-state index is -0.862. The van der Waals surface area contributed by atoms with Crippen LogP contribution < -0.4 is 20.5 Å². The second-order valence-corrected chi connectivity index (χ2v) is 5.64. The molecule has 0 bridgehead atoms. The van der Waals surface area contributed by atoms with Gasteiger partial charge < -0.3 is 25.6 Å². The molecule has 1 rings (SSSR count). The quantitative estimate of drug-likeness (QED) is 0.665. The fourth-order valence-corrected chi connectivity index (χ4v) is 2.08. The third kappa shape index (κ3) is 7.07. The topological polar surface area (TPSA) is 93.8 Å². The zero-order valence-electron chi connectivity index (χ0n) is 14.0. The molecular weight excluding hydrogens is 320 g/mol. The summed E-state index contributed by atoms with van der Waals surface area (Å²) in [5.74, 6) is 1.24. The molecule has 1 aromatic rings. The molecule has 1 unspecified atom stereocenters. The summed E-state index contributed by atoms with van der Waals surface area (Å²) < 4.78 is 10.3. The Labute approximate surface area is 143 Å². The molecule has 1 amide bonds. The number of rotatable bonds is 8. The van der Waals surface area contributed by atoms with Gasteiger partial charge in [0, 0.05) is 12.6 Å². The molecular formula is C16H27ClN2O4. The molecule has 0 saturated heterocycles. The molecule has 0 fully saturated rings. The lowest BCUT2D eigenvalue weighted by molar-refractivity contribution is -0.123. The van der Waals surface area contributed by atoms with E-state index in [9.17, 15) is 9.90 Å². The molecule has 0 heterocycles. The molecule has 0 radical (unpaired) electrons. The van der Waals surface area contributed by atoms with E-state index < -0.39 is 12.1 Å². The molecule has 132 valence electrons. The van der Waals surface area contributed by atoms with Crippen molar-refractivity contribution in [1.82, 2.24) is 5.32 Å². The van der Waals surface area contributed by atoms with Crippen LogP contribution in [-0.2, 0) is 4.79 Å². The molecule has 0 aliphatic heterocycles. The van der Waals surface area contributed by atoms with E-state index >= 15 is 0 Å². The number of methoxy groups -OCH3 is 2. The van der Waals surface area contributed by atoms with Crippen LogP contribution in [0.15, 0.2) is 18.2 Å². The number of benzene rings is 1. The van der Waals surface area contributed by atoms with E-state index in [1.165, 1.54) is 14.2 Å². The van der Waals surface area contributed by atoms with E-state index in [1.54, 1.807) is 18.2 Å². The summed E-state index contributed by atoms with van der Waals surface area (Å²) in [6, 6.07) is 4.56. The van der Waals surface area contributed by atoms with Gasteiger partial charge in [0.25, 0.3) is 0 Å². The highest BCUT2D eigenvalue weighted by Gasteiger charge is 2.17. The summed E-state index contributed by atoms with van der Waals surface area (Å²) >= 11 is 0. The van der Waals surface area contributed by atoms with Crippen molar-refractivity contribution in [2.75, 3.05) is 20.8 Å². The van der Waals surface area contributed by atoms with E-state index in [2.05, 4.69) is 5.32 Å². The third-order valence-corrected chi connectivity index (χ3v) is 3.29. The Morgan fingerprint density at radius 3 is 2.17 bits per heavy atom. The molecule has 4 N–H and O–H groups in total. The summed E-state index contributed by atoms with van der Waals surface area (Å²) in [5, 5.41) is 12.9. The highest BCUT2D eigenvalue weighted by molar-refractivity contribution is 5.85. The van der Waals surface area contributed by atoms with Crippen molar-refractivity contribution in [1.29, 1.82) is 0 Å². The summed E-state index contributed by atoms with van der Waals surface area (Å²) in [7, 11) is 3.08. The minimum absolute atomic E-state index is 0. The number of amides is 1. The fourth-order valence-electron chi connectivity index (χ4n) is 2.08. The van der Waals surface area contributed by atoms with Crippen LogP contribution in [0.25, 0.3) is 0 Å². The summed E-state index contributed by atoms with van der Waals surface area (Å²) in [4.78, 5) is 11.9. The van der Waals surface area contributed by atoms with Gasteiger partial charge in [0.2, 0.25) is 5.91 Å². The zero-order chi connectivity index (χ0) is 16.7. The second-order valence-electron chi connectivity index (χ2n) is 5.64. The number of hydrogen-bond acceptors (Lipinski definition) is 5. The van der Waals surface area contributed by atoms with E-state index in [4.69, 9.17) is 15.2 Å². The van der Waals surface area contributed by atoms with Crippen LogP contribution in [0, 0.1) is 5.92 Å². The van der Waals surface area contributed by atoms with Crippen molar-refractivity contribution < 1.29 is 19.4 Å². The average Bonchev–Trinajstić information content (AvgIpc) is 2.50. The fraction of sp³-hybridized carbons (Fsp3) is 0.562. The Morgan fingerprint density at radius 1 is 1.22 bits per heavy atom. The van der Waals surface area contributed by atoms with Crippen molar-refractivity contribution >= 4 is 18.3 Å². The van der Waals surface area contributed by atoms with Crippen LogP contribution in [0.1, 0.15) is 31.9 Å². The molecule has 2 atom stereocenters. The Balaban J connectivity index is 0.00000484. The maximum absolute atomic E-state index is 11.9. The third-order valence-electron chi connectivity index (χ3n) is 3.29. The van der Waals surface area contributed by atoms with Crippen molar-refractivity contribution in [3.8, 4) is 11.5 Å². The monoisotopic (exact) mass is 346 g/mol. The van der Waals surface area contributed by atoms with Crippen molar-refractivity contribution in [3.63, 3.8) is 0 Å². The van der Waals surface area contributed by atoms with Gasteiger partial charge in [0.1, 0.15) is 11.5 Å². The van der Waals surface area contributed by atoms with Gasteiger partial charge >= 0.3 is 0 Å². The first kappa shape index (κ1) is 21.5. The van der Waals surface area contributed by atoms with Crippen LogP contribution in [0.3, 0.4) is 0 Å². The summed E-state index contributed by atoms with van der Waals surface area (Å²) in [6.45, 7) is 4.09. The lowest BCUT2D eigenvalue weighted by Gasteiger charge is -2.17. The average molecular weight is 347 g/mol. The van der Waals surface area contributed by atoms with E-state index in [1.807, 2.05) is 13.8 Å². The maximum Gasteiger partial charge on any atom is 0.237 e. The Morgan fingerprint density at radius 2 is 1.74 bits per heavy atom. The molecule has 7 heteroatoms. The SMILES string of the molecule is COc1cc(OC)cc(C(O)CNC(=O)[C@@H](N)CC(C)C)c1.Cl. The van der Waals surface area contributed by atoms with Gasteiger partial charge in [-0.25, -0.2) is 0 Å². The molecule has 0 spiro atoms. The lowest BCUT2D eigenvalue weighted by Crippen LogP contribution is -2.42. The van der Waals surface area contributed by atoms with Crippen LogP contribution in [-0.4, -0.2) is 37.8 Å². The Hall–Kier alpha value is -1.50. The van der Waals surface area contributed by atoms with E-state index in [0.717, 1.165) is 0 Å². The van der Waals surface area contributed by atoms with Crippen molar-refractivity contribution in [2.24, 2.45) is 11.7 Å². The first-order valence-electron chi connectivity index (χ1n) is 7.31. The highest BCUT2D eigenvalue weighted by Crippen LogP contribution is 2.26. The number of ether oxygens (including phenoxy) is 2. The van der Waals surface area contributed by atoms with Gasteiger partial charge in [-0.05, 0) is 30.0 Å². The first-order chi connectivity index (χ1) is 10.4. The van der Waals surface area contributed by atoms with Gasteiger partial charge in [0.15, 0.2) is 0 Å². The largest absolute Gasteiger partial charge is 0.497 e. The maximum atomic E-state index is 11.9. The van der Waals surface area contributed by atoms with Crippen LogP contribution in [0.4, 0.5) is 0 Å². The second kappa shape index (κ2) is 10.3. The standard InChI is InChI=1S/C16H26N2O4.ClH/c1-10(2)5-14(17)16(20)18-9-15(19)11-6-12(21-3)8-13(7-11)22-4;/h6-8,10,14-15,19H,5,9,17H2,1-4H3,(H,18,20);1H/t14-,15?;/m0./s1. The number of halogens is 1. The van der Waals surface area contributed by atoms with E-state index in [-0.39, 0.29) is 24.9 Å². The molecule has 1 aromatic carbocycles. The summed E-state index contributed by atoms with van der Waals surface area (Å²) in [5.41, 5.74) is 6.41. The predicted octanol–water partition coefficient (Wildman–Crippen LogP) is 1.65. The molecule has 23 heavy (non-hydrogen) atoms. The van der Waals surface area contributed by atoms with Gasteiger partial charge in [-0.3, -0.25) is 4.79 Å². The molecule has 0 aliphatic rings. The Bertz CT molecular complexity index is 475. The van der Waals surface area contributed by atoms with Gasteiger partial charge in [-0.1, -0.05) is 13.8 Å². The number of aliphatic hydroxyl groups is 1. The van der Waals surface area contributed by atoms with Crippen molar-refractivity contribution in [2.45, 2.75) is 32.4 Å². The predicted molar refractivity (Wildman–Crippen MR) is 92.2 cm³/mol. The van der Waals surface area contributed by atoms with Gasteiger partial charge in [0.05, 0.1) is 26.4 Å². The van der Waals surface area contributed by atoms with Crippen molar-refractivity contribution in [3.05, 3.63) is 23.8 Å². The highest BCUT2D eigenvalue weighted by atomic mass is 35.5. The van der Waals surface area contributed by atoms with Gasteiger partial charge in [-0.15, -0.1) is 12.4 Å². The van der Waals surface area contributed by atoms with Crippen LogP contribution in [0.2, 0.25) is 0 Å². The lowest BCUT2D eigenvalue weighted by atomic mass is 10.0. The van der Waals surface area contributed by atoms with Crippen LogP contribution >= 0.6 is 12.4 Å². The zero-order valence-corrected chi connectivity index (χ0v) is 14.9. The number of nitrogens with two attached hydrogens (primary N) is 1. The first-order valence-corrected chi connectivity index (χ1v) is 7.31. The molecule has 6 nitrogen and oxygen atoms in total. The van der Waals surface area contributed by atoms with Crippen LogP contribution in [0.5, 0.6) is 11.5 Å². The van der Waals surface area contributed by atoms with Gasteiger partial charge in [-0.2, -0.15) is 0 Å². The number of nitrogens with one attached hydrogen (secondary N) is 1. The normalized spacial score (nSPS) is 13.0. The minimum Gasteiger partial charge on any atom is -0.497 e. The molecule has 0 aliphatic carbocycles. The summed E-state index contributed by atoms with van der Waals surface area (Å²) in [6.07, 6.45) is -0.256. The number of carbonyl (C=O) groups excluding carboxylic acids is 1. The number of hydrogen-bond donors (Lipinski definition) is 3. The van der Waals surface area contributed by atoms with E-state index in [0.29, 0.717) is 29.4 Å². The molecule has 0 aromatic heterocycles. The number of aliphatic hydroxyl groups excluding tert-OH is 1. The smallest absolute Gasteiger partial charge is 0.237 e. The number of carbonyl (C=O) groups is 1. The molecule has 0 saturated carbocycles.